The average Bonchev–Trinajstić information content (AvgIpc) is 2.58. The van der Waals surface area contributed by atoms with Crippen LogP contribution in [0.5, 0.6) is 0 Å². The third kappa shape index (κ3) is 2.80. The number of benzene rings is 2. The molecule has 0 amide bonds. The standard InChI is InChI=1S/C16H20Cl2N4O2P2/c1-19(2)25(23)21(15-9-5-13(17)6-10-15)26(24,20(3)4)22(25)16-11-7-14(18)8-12-16/h5-12H,1-4H3. The van der Waals surface area contributed by atoms with Gasteiger partial charge in [-0.15, -0.1) is 0 Å². The summed E-state index contributed by atoms with van der Waals surface area (Å²) in [5, 5.41) is 1.12. The zero-order chi connectivity index (χ0) is 19.3. The van der Waals surface area contributed by atoms with E-state index in [0.717, 1.165) is 0 Å². The number of halogens is 2. The Labute approximate surface area is 164 Å². The van der Waals surface area contributed by atoms with Crippen molar-refractivity contribution in [2.75, 3.05) is 37.1 Å². The van der Waals surface area contributed by atoms with Crippen molar-refractivity contribution in [1.82, 2.24) is 9.34 Å². The van der Waals surface area contributed by atoms with Gasteiger partial charge in [0.2, 0.25) is 0 Å². The van der Waals surface area contributed by atoms with E-state index in [4.69, 9.17) is 23.2 Å². The lowest BCUT2D eigenvalue weighted by atomic mass is 10.3. The highest BCUT2D eigenvalue weighted by Gasteiger charge is 2.67. The molecule has 2 aromatic carbocycles. The molecule has 0 atom stereocenters. The van der Waals surface area contributed by atoms with Gasteiger partial charge < -0.3 is 0 Å². The van der Waals surface area contributed by atoms with Gasteiger partial charge in [-0.2, -0.15) is 0 Å². The molecule has 0 aliphatic carbocycles. The first-order valence-corrected chi connectivity index (χ1v) is 11.7. The third-order valence-corrected chi connectivity index (χ3v) is 12.4. The summed E-state index contributed by atoms with van der Waals surface area (Å²) in [5.74, 6) is 0. The van der Waals surface area contributed by atoms with Crippen LogP contribution in [0.3, 0.4) is 0 Å². The Kier molecular flexibility index (Phi) is 5.22. The first-order chi connectivity index (χ1) is 12.1. The summed E-state index contributed by atoms with van der Waals surface area (Å²) in [6, 6.07) is 13.7. The maximum absolute atomic E-state index is 14.0. The van der Waals surface area contributed by atoms with Crippen LogP contribution in [0.2, 0.25) is 10.0 Å². The molecule has 1 aliphatic rings. The van der Waals surface area contributed by atoms with Gasteiger partial charge in [0.1, 0.15) is 0 Å². The SMILES string of the molecule is CN(C)P1(=O)N(c2ccc(Cl)cc2)P(=O)(N(C)C)N1c1ccc(Cl)cc1. The van der Waals surface area contributed by atoms with Gasteiger partial charge in [0.05, 0.1) is 11.4 Å². The molecule has 0 saturated carbocycles. The van der Waals surface area contributed by atoms with E-state index < -0.39 is 15.2 Å². The van der Waals surface area contributed by atoms with Gasteiger partial charge in [-0.1, -0.05) is 23.2 Å². The van der Waals surface area contributed by atoms with Crippen molar-refractivity contribution in [2.45, 2.75) is 0 Å². The molecule has 1 fully saturated rings. The van der Waals surface area contributed by atoms with E-state index in [-0.39, 0.29) is 0 Å². The van der Waals surface area contributed by atoms with E-state index in [1.165, 1.54) is 8.88 Å². The Balaban J connectivity index is 2.21. The molecule has 0 radical (unpaired) electrons. The number of nitrogens with zero attached hydrogens (tertiary/aromatic N) is 4. The van der Waals surface area contributed by atoms with E-state index in [0.29, 0.717) is 21.4 Å². The van der Waals surface area contributed by atoms with E-state index in [2.05, 4.69) is 0 Å². The molecule has 0 bridgehead atoms. The first kappa shape index (κ1) is 19.8. The molecular weight excluding hydrogens is 413 g/mol. The lowest BCUT2D eigenvalue weighted by molar-refractivity contribution is 0.479. The molecule has 6 nitrogen and oxygen atoms in total. The smallest absolute Gasteiger partial charge is 0.256 e. The normalized spacial score (nSPS) is 25.7. The molecule has 1 heterocycles. The van der Waals surface area contributed by atoms with Crippen molar-refractivity contribution < 1.29 is 9.13 Å². The Bertz CT molecular complexity index is 812. The number of hydrogen-bond acceptors (Lipinski definition) is 2. The summed E-state index contributed by atoms with van der Waals surface area (Å²) >= 11 is 12.0. The van der Waals surface area contributed by atoms with Gasteiger partial charge in [0.25, 0.3) is 0 Å². The molecule has 26 heavy (non-hydrogen) atoms. The Hall–Kier alpha value is -1.00. The topological polar surface area (TPSA) is 47.1 Å². The zero-order valence-electron chi connectivity index (χ0n) is 14.9. The average molecular weight is 433 g/mol. The van der Waals surface area contributed by atoms with Crippen molar-refractivity contribution in [1.29, 1.82) is 0 Å². The summed E-state index contributed by atoms with van der Waals surface area (Å²) < 4.78 is 34.3. The first-order valence-electron chi connectivity index (χ1n) is 7.82. The summed E-state index contributed by atoms with van der Waals surface area (Å²) in [6.45, 7) is 0. The van der Waals surface area contributed by atoms with Crippen LogP contribution >= 0.6 is 38.4 Å². The minimum absolute atomic E-state index is 0.559. The van der Waals surface area contributed by atoms with Crippen LogP contribution in [0.15, 0.2) is 48.5 Å². The Morgan fingerprint density at radius 2 is 0.923 bits per heavy atom. The van der Waals surface area contributed by atoms with Gasteiger partial charge in [-0.25, -0.2) is 18.2 Å². The van der Waals surface area contributed by atoms with Crippen molar-refractivity contribution >= 4 is 49.8 Å². The second kappa shape index (κ2) is 6.87. The highest BCUT2D eigenvalue weighted by molar-refractivity contribution is 7.98. The van der Waals surface area contributed by atoms with Crippen LogP contribution in [-0.4, -0.2) is 37.5 Å². The van der Waals surface area contributed by atoms with Crippen LogP contribution < -0.4 is 8.88 Å². The highest BCUT2D eigenvalue weighted by Crippen LogP contribution is 2.88. The van der Waals surface area contributed by atoms with Crippen molar-refractivity contribution in [3.63, 3.8) is 0 Å². The Morgan fingerprint density at radius 1 is 0.654 bits per heavy atom. The predicted octanol–water partition coefficient (Wildman–Crippen LogP) is 5.66. The maximum Gasteiger partial charge on any atom is 0.350 e. The van der Waals surface area contributed by atoms with E-state index >= 15 is 0 Å². The molecule has 0 aromatic heterocycles. The number of rotatable bonds is 4. The second-order valence-electron chi connectivity index (χ2n) is 6.25. The number of anilines is 2. The van der Waals surface area contributed by atoms with Gasteiger partial charge in [-0.05, 0) is 76.7 Å². The zero-order valence-corrected chi connectivity index (χ0v) is 18.2. The molecule has 10 heteroatoms. The number of hydrogen-bond donors (Lipinski definition) is 0. The van der Waals surface area contributed by atoms with Crippen LogP contribution in [0, 0.1) is 0 Å². The van der Waals surface area contributed by atoms with Crippen LogP contribution in [-0.2, 0) is 9.13 Å². The molecule has 140 valence electrons. The van der Waals surface area contributed by atoms with Gasteiger partial charge >= 0.3 is 15.2 Å². The van der Waals surface area contributed by atoms with E-state index in [9.17, 15) is 9.13 Å². The summed E-state index contributed by atoms with van der Waals surface area (Å²) in [4.78, 5) is 0. The molecular formula is C16H20Cl2N4O2P2. The largest absolute Gasteiger partial charge is 0.350 e. The van der Waals surface area contributed by atoms with E-state index in [1.54, 1.807) is 86.1 Å². The minimum Gasteiger partial charge on any atom is -0.256 e. The fourth-order valence-corrected chi connectivity index (χ4v) is 11.3. The fraction of sp³-hybridized carbons (Fsp3) is 0.250. The highest BCUT2D eigenvalue weighted by atomic mass is 35.5. The minimum atomic E-state index is -3.33. The quantitative estimate of drug-likeness (QED) is 0.580. The lowest BCUT2D eigenvalue weighted by Crippen LogP contribution is -2.51. The third-order valence-electron chi connectivity index (χ3n) is 4.14. The molecule has 1 saturated heterocycles. The summed E-state index contributed by atoms with van der Waals surface area (Å²) in [7, 11) is 0.205. The van der Waals surface area contributed by atoms with Crippen LogP contribution in [0.25, 0.3) is 0 Å². The lowest BCUT2D eigenvalue weighted by Gasteiger charge is -2.60. The summed E-state index contributed by atoms with van der Waals surface area (Å²) in [5.41, 5.74) is 1.18. The Morgan fingerprint density at radius 3 is 1.15 bits per heavy atom. The van der Waals surface area contributed by atoms with Crippen molar-refractivity contribution in [2.24, 2.45) is 0 Å². The van der Waals surface area contributed by atoms with E-state index in [1.807, 2.05) is 0 Å². The maximum atomic E-state index is 14.0. The van der Waals surface area contributed by atoms with Crippen LogP contribution in [0.1, 0.15) is 0 Å². The second-order valence-corrected chi connectivity index (χ2v) is 13.0. The molecule has 0 unspecified atom stereocenters. The summed E-state index contributed by atoms with van der Waals surface area (Å²) in [6.07, 6.45) is 0. The molecule has 0 spiro atoms. The van der Waals surface area contributed by atoms with Crippen LogP contribution in [0.4, 0.5) is 11.4 Å². The predicted molar refractivity (Wildman–Crippen MR) is 110 cm³/mol. The molecule has 3 rings (SSSR count). The fourth-order valence-electron chi connectivity index (χ4n) is 2.86. The molecule has 1 aliphatic heterocycles. The van der Waals surface area contributed by atoms with Crippen molar-refractivity contribution in [3.05, 3.63) is 58.6 Å². The van der Waals surface area contributed by atoms with Crippen molar-refractivity contribution in [3.8, 4) is 0 Å². The molecule has 0 N–H and O–H groups in total. The van der Waals surface area contributed by atoms with Gasteiger partial charge in [0, 0.05) is 10.0 Å². The van der Waals surface area contributed by atoms with Gasteiger partial charge in [-0.3, -0.25) is 9.13 Å². The van der Waals surface area contributed by atoms with Gasteiger partial charge in [0.15, 0.2) is 0 Å². The monoisotopic (exact) mass is 432 g/mol. The molecule has 2 aromatic rings.